The maximum Gasteiger partial charge on any atom is 0.257 e. The van der Waals surface area contributed by atoms with Crippen molar-refractivity contribution in [2.24, 2.45) is 4.76 Å². The van der Waals surface area contributed by atoms with E-state index < -0.39 is 0 Å². The number of benzene rings is 1. The van der Waals surface area contributed by atoms with E-state index in [1.165, 1.54) is 6.07 Å². The Hall–Kier alpha value is -2.61. The van der Waals surface area contributed by atoms with E-state index in [2.05, 4.69) is 36.9 Å². The summed E-state index contributed by atoms with van der Waals surface area (Å²) < 4.78 is 19.1. The molecule has 2 atom stereocenters. The molecule has 0 saturated carbocycles. The molecule has 5 rings (SSSR count). The minimum atomic E-state index is -0.251. The van der Waals surface area contributed by atoms with Crippen LogP contribution in [0.5, 0.6) is 0 Å². The number of nitrogens with zero attached hydrogens (tertiary/aromatic N) is 5. The summed E-state index contributed by atoms with van der Waals surface area (Å²) in [6, 6.07) is 8.65. The highest BCUT2D eigenvalue weighted by atomic mass is 32.2. The number of piperazine rings is 1. The summed E-state index contributed by atoms with van der Waals surface area (Å²) in [7, 11) is 2.41. The van der Waals surface area contributed by atoms with Gasteiger partial charge in [-0.15, -0.1) is 0 Å². The molecule has 0 radical (unpaired) electrons. The van der Waals surface area contributed by atoms with Gasteiger partial charge in [0.1, 0.15) is 17.5 Å². The third-order valence-electron chi connectivity index (χ3n) is 5.82. The quantitative estimate of drug-likeness (QED) is 0.551. The Kier molecular flexibility index (Phi) is 6.27. The van der Waals surface area contributed by atoms with Gasteiger partial charge in [-0.2, -0.15) is 0 Å². The molecule has 1 aromatic carbocycles. The first-order valence-electron chi connectivity index (χ1n) is 10.7. The molecule has 170 valence electrons. The highest BCUT2D eigenvalue weighted by Crippen LogP contribution is 2.52. The second kappa shape index (κ2) is 9.33. The summed E-state index contributed by atoms with van der Waals surface area (Å²) in [4.78, 5) is 26.1. The van der Waals surface area contributed by atoms with Crippen LogP contribution >= 0.6 is 20.5 Å². The highest BCUT2D eigenvalue weighted by molar-refractivity contribution is 8.18. The van der Waals surface area contributed by atoms with Crippen molar-refractivity contribution in [3.05, 3.63) is 59.7 Å². The molecule has 10 heteroatoms. The fourth-order valence-electron chi connectivity index (χ4n) is 3.92. The van der Waals surface area contributed by atoms with Crippen molar-refractivity contribution in [2.45, 2.75) is 11.9 Å². The number of likely N-dealkylation sites (N-methyl/N-ethyl adjacent to an activating group) is 1. The zero-order valence-corrected chi connectivity index (χ0v) is 20.2. The van der Waals surface area contributed by atoms with Crippen molar-refractivity contribution in [2.75, 3.05) is 43.4 Å². The molecule has 2 unspecified atom stereocenters. The van der Waals surface area contributed by atoms with Gasteiger partial charge in [-0.05, 0) is 49.7 Å². The fourth-order valence-corrected chi connectivity index (χ4v) is 6.47. The van der Waals surface area contributed by atoms with Crippen LogP contribution in [0.4, 0.5) is 16.0 Å². The number of aromatic nitrogens is 2. The van der Waals surface area contributed by atoms with E-state index in [1.807, 2.05) is 19.1 Å². The van der Waals surface area contributed by atoms with E-state index in [-0.39, 0.29) is 16.7 Å². The lowest BCUT2D eigenvalue weighted by Gasteiger charge is -2.33. The zero-order valence-electron chi connectivity index (χ0n) is 18.4. The molecule has 2 aliphatic heterocycles. The predicted octanol–water partition coefficient (Wildman–Crippen LogP) is 4.53. The summed E-state index contributed by atoms with van der Waals surface area (Å²) in [5.74, 6) is 0.731. The number of fused-ring (bicyclic) bond motifs is 1. The number of carbonyl (C=O) groups is 1. The van der Waals surface area contributed by atoms with Gasteiger partial charge in [0.15, 0.2) is 0 Å². The maximum atomic E-state index is 14.7. The standard InChI is InChI=1S/C23H24FN6OPS/c1-14-28-32-23(33-14)18-9-16-11-20(26-13-17(16)10-19(18)24)27-22(31)15-3-4-25-21(12-15)30-7-5-29(2)6-8-30/h3-4,9-13,23,32H,5-8H2,1-2H3,(H,26,27,31). The van der Waals surface area contributed by atoms with Crippen molar-refractivity contribution in [1.82, 2.24) is 14.9 Å². The molecule has 33 heavy (non-hydrogen) atoms. The first kappa shape index (κ1) is 22.2. The van der Waals surface area contributed by atoms with Gasteiger partial charge in [0.25, 0.3) is 5.91 Å². The van der Waals surface area contributed by atoms with Gasteiger partial charge < -0.3 is 15.1 Å². The molecule has 0 spiro atoms. The van der Waals surface area contributed by atoms with E-state index in [0.29, 0.717) is 31.1 Å². The molecule has 0 aliphatic carbocycles. The first-order chi connectivity index (χ1) is 16.0. The summed E-state index contributed by atoms with van der Waals surface area (Å²) >= 11 is 1.59. The predicted molar refractivity (Wildman–Crippen MR) is 135 cm³/mol. The Morgan fingerprint density at radius 1 is 1.15 bits per heavy atom. The number of rotatable bonds is 4. The van der Waals surface area contributed by atoms with Gasteiger partial charge in [0.05, 0.1) is 10.0 Å². The SMILES string of the molecule is CC1=NPC(c2cc3cc(NC(=O)c4ccnc(N5CCN(C)CC5)c4)ncc3cc2F)S1. The third-order valence-corrected chi connectivity index (χ3v) is 8.59. The van der Waals surface area contributed by atoms with Crippen LogP contribution < -0.4 is 10.2 Å². The molecule has 3 aromatic rings. The van der Waals surface area contributed by atoms with E-state index in [9.17, 15) is 9.18 Å². The van der Waals surface area contributed by atoms with Gasteiger partial charge in [-0.25, -0.2) is 14.4 Å². The molecule has 4 heterocycles. The summed E-state index contributed by atoms with van der Waals surface area (Å²) in [6.45, 7) is 5.64. The van der Waals surface area contributed by atoms with E-state index in [1.54, 1.807) is 36.3 Å². The lowest BCUT2D eigenvalue weighted by molar-refractivity contribution is 0.102. The Morgan fingerprint density at radius 3 is 2.73 bits per heavy atom. The minimum Gasteiger partial charge on any atom is -0.354 e. The normalized spacial score (nSPS) is 19.8. The Labute approximate surface area is 197 Å². The fraction of sp³-hybridized carbons (Fsp3) is 0.304. The molecule has 1 N–H and O–H groups in total. The largest absolute Gasteiger partial charge is 0.354 e. The Morgan fingerprint density at radius 2 is 1.97 bits per heavy atom. The van der Waals surface area contributed by atoms with Crippen molar-refractivity contribution >= 4 is 53.9 Å². The molecule has 1 saturated heterocycles. The highest BCUT2D eigenvalue weighted by Gasteiger charge is 2.23. The lowest BCUT2D eigenvalue weighted by Crippen LogP contribution is -2.44. The summed E-state index contributed by atoms with van der Waals surface area (Å²) in [5.41, 5.74) is 1.16. The van der Waals surface area contributed by atoms with Gasteiger partial charge in [0.2, 0.25) is 0 Å². The average Bonchev–Trinajstić information content (AvgIpc) is 3.25. The Balaban J connectivity index is 1.35. The number of amides is 1. The molecular formula is C23H24FN6OPS. The van der Waals surface area contributed by atoms with Crippen LogP contribution in [0.3, 0.4) is 0 Å². The second-order valence-corrected chi connectivity index (χ2v) is 11.0. The van der Waals surface area contributed by atoms with Crippen molar-refractivity contribution < 1.29 is 9.18 Å². The molecule has 1 amide bonds. The van der Waals surface area contributed by atoms with E-state index in [0.717, 1.165) is 42.4 Å². The average molecular weight is 483 g/mol. The molecular weight excluding hydrogens is 458 g/mol. The number of nitrogens with one attached hydrogen (secondary N) is 1. The maximum absolute atomic E-state index is 14.7. The van der Waals surface area contributed by atoms with E-state index in [4.69, 9.17) is 0 Å². The number of halogens is 1. The smallest absolute Gasteiger partial charge is 0.257 e. The number of hydrogen-bond donors (Lipinski definition) is 1. The second-order valence-electron chi connectivity index (χ2n) is 8.20. The van der Waals surface area contributed by atoms with Crippen LogP contribution in [0.25, 0.3) is 10.8 Å². The molecule has 2 aromatic heterocycles. The van der Waals surface area contributed by atoms with Gasteiger partial charge in [0, 0.05) is 63.8 Å². The number of hydrogen-bond acceptors (Lipinski definition) is 7. The van der Waals surface area contributed by atoms with Gasteiger partial charge in [-0.1, -0.05) is 11.8 Å². The monoisotopic (exact) mass is 482 g/mol. The van der Waals surface area contributed by atoms with Crippen molar-refractivity contribution in [1.29, 1.82) is 0 Å². The summed E-state index contributed by atoms with van der Waals surface area (Å²) in [5, 5.41) is 5.38. The van der Waals surface area contributed by atoms with Crippen LogP contribution in [0.1, 0.15) is 27.8 Å². The molecule has 7 nitrogen and oxygen atoms in total. The number of pyridine rings is 2. The van der Waals surface area contributed by atoms with Crippen LogP contribution in [0.15, 0.2) is 47.5 Å². The molecule has 1 fully saturated rings. The summed E-state index contributed by atoms with van der Waals surface area (Å²) in [6.07, 6.45) is 3.25. The number of thioether (sulfide) groups is 1. The van der Waals surface area contributed by atoms with Crippen LogP contribution in [-0.4, -0.2) is 59.0 Å². The van der Waals surface area contributed by atoms with Gasteiger partial charge in [-0.3, -0.25) is 9.56 Å². The van der Waals surface area contributed by atoms with E-state index >= 15 is 0 Å². The number of carbonyl (C=O) groups excluding carboxylic acids is 1. The molecule has 2 aliphatic rings. The number of anilines is 2. The lowest BCUT2D eigenvalue weighted by atomic mass is 10.1. The topological polar surface area (TPSA) is 73.7 Å². The Bertz CT molecular complexity index is 1250. The minimum absolute atomic E-state index is 0.00502. The van der Waals surface area contributed by atoms with Crippen LogP contribution in [0, 0.1) is 5.82 Å². The zero-order chi connectivity index (χ0) is 22.9. The molecule has 0 bridgehead atoms. The van der Waals surface area contributed by atoms with Crippen LogP contribution in [0.2, 0.25) is 0 Å². The first-order valence-corrected chi connectivity index (χ1v) is 12.6. The van der Waals surface area contributed by atoms with Crippen molar-refractivity contribution in [3.63, 3.8) is 0 Å². The van der Waals surface area contributed by atoms with Crippen LogP contribution in [-0.2, 0) is 0 Å². The van der Waals surface area contributed by atoms with Gasteiger partial charge >= 0.3 is 0 Å². The third kappa shape index (κ3) is 4.86. The van der Waals surface area contributed by atoms with Crippen molar-refractivity contribution in [3.8, 4) is 0 Å².